The molecule has 98 valence electrons. The van der Waals surface area contributed by atoms with Gasteiger partial charge in [-0.1, -0.05) is 29.8 Å². The van der Waals surface area contributed by atoms with Crippen molar-refractivity contribution in [3.63, 3.8) is 0 Å². The summed E-state index contributed by atoms with van der Waals surface area (Å²) in [5.74, 6) is 0.377. The van der Waals surface area contributed by atoms with E-state index in [0.717, 1.165) is 23.8 Å². The molecule has 0 fully saturated rings. The lowest BCUT2D eigenvalue weighted by Crippen LogP contribution is -2.38. The van der Waals surface area contributed by atoms with E-state index in [1.807, 2.05) is 25.1 Å². The third-order valence-electron chi connectivity index (χ3n) is 4.08. The molecular weight excluding hydrogens is 240 g/mol. The van der Waals surface area contributed by atoms with Crippen molar-refractivity contribution in [1.82, 2.24) is 0 Å². The van der Waals surface area contributed by atoms with Gasteiger partial charge in [0.25, 0.3) is 0 Å². The van der Waals surface area contributed by atoms with Crippen molar-refractivity contribution < 1.29 is 14.3 Å². The fraction of sp³-hybridized carbons (Fsp3) is 0.375. The zero-order valence-corrected chi connectivity index (χ0v) is 10.8. The number of fused-ring (bicyclic) bond motifs is 3. The molecule has 0 amide bonds. The third-order valence-corrected chi connectivity index (χ3v) is 4.08. The Balaban J connectivity index is 2.05. The maximum Gasteiger partial charge on any atom is 0.315 e. The number of benzene rings is 1. The first-order valence-corrected chi connectivity index (χ1v) is 6.63. The minimum atomic E-state index is -0.218. The highest BCUT2D eigenvalue weighted by atomic mass is 16.5. The van der Waals surface area contributed by atoms with E-state index in [0.29, 0.717) is 12.2 Å². The van der Waals surface area contributed by atoms with Gasteiger partial charge in [0.2, 0.25) is 0 Å². The fourth-order valence-corrected chi connectivity index (χ4v) is 3.19. The van der Waals surface area contributed by atoms with Gasteiger partial charge in [0.05, 0.1) is 5.92 Å². The lowest BCUT2D eigenvalue weighted by molar-refractivity contribution is -0.143. The zero-order chi connectivity index (χ0) is 13.4. The minimum absolute atomic E-state index is 0.0302. The molecular formula is C16H16O3. The molecule has 0 bridgehead atoms. The van der Waals surface area contributed by atoms with Gasteiger partial charge in [-0.25, -0.2) is 0 Å². The molecule has 1 aromatic rings. The van der Waals surface area contributed by atoms with Crippen molar-refractivity contribution in [2.75, 3.05) is 0 Å². The normalized spacial score (nSPS) is 28.3. The van der Waals surface area contributed by atoms with Crippen LogP contribution in [0.3, 0.4) is 0 Å². The molecule has 0 saturated heterocycles. The second kappa shape index (κ2) is 4.65. The summed E-state index contributed by atoms with van der Waals surface area (Å²) < 4.78 is 5.44. The Morgan fingerprint density at radius 3 is 3.05 bits per heavy atom. The molecule has 3 atom stereocenters. The van der Waals surface area contributed by atoms with Crippen LogP contribution >= 0.6 is 0 Å². The first-order chi connectivity index (χ1) is 9.20. The van der Waals surface area contributed by atoms with Crippen LogP contribution in [0.5, 0.6) is 5.75 Å². The molecule has 3 rings (SSSR count). The van der Waals surface area contributed by atoms with E-state index in [4.69, 9.17) is 4.74 Å². The van der Waals surface area contributed by atoms with Gasteiger partial charge in [-0.2, -0.15) is 0 Å². The molecule has 0 N–H and O–H groups in total. The molecule has 1 heterocycles. The van der Waals surface area contributed by atoms with Crippen LogP contribution < -0.4 is 4.74 Å². The molecule has 3 nitrogen and oxygen atoms in total. The van der Waals surface area contributed by atoms with Crippen LogP contribution in [0.2, 0.25) is 0 Å². The highest BCUT2D eigenvalue weighted by molar-refractivity contribution is 5.80. The van der Waals surface area contributed by atoms with Crippen molar-refractivity contribution in [3.8, 4) is 5.75 Å². The van der Waals surface area contributed by atoms with E-state index in [-0.39, 0.29) is 23.7 Å². The van der Waals surface area contributed by atoms with Crippen molar-refractivity contribution in [2.24, 2.45) is 11.8 Å². The van der Waals surface area contributed by atoms with E-state index >= 15 is 0 Å². The van der Waals surface area contributed by atoms with Gasteiger partial charge >= 0.3 is 5.97 Å². The Morgan fingerprint density at radius 2 is 2.26 bits per heavy atom. The van der Waals surface area contributed by atoms with Gasteiger partial charge in [-0.05, 0) is 30.9 Å². The summed E-state index contributed by atoms with van der Waals surface area (Å²) in [5.41, 5.74) is 2.27. The van der Waals surface area contributed by atoms with Crippen LogP contribution in [0.4, 0.5) is 0 Å². The molecule has 0 saturated carbocycles. The second-order valence-electron chi connectivity index (χ2n) is 5.32. The van der Waals surface area contributed by atoms with Gasteiger partial charge in [0, 0.05) is 12.3 Å². The molecule has 19 heavy (non-hydrogen) atoms. The maximum atomic E-state index is 12.2. The number of carbonyl (C=O) groups is 2. The molecule has 1 aliphatic carbocycles. The standard InChI is InChI=1S/C16H16O3/c1-10-5-6-14-13(9-10)12-4-2-3-11(7-8-17)15(12)16(18)19-14/h2-3,5-6,8-9,11-12,15H,4,7H2,1H3/t11-,12+,15+/m0/s1. The Hall–Kier alpha value is -1.90. The van der Waals surface area contributed by atoms with E-state index in [1.165, 1.54) is 0 Å². The van der Waals surface area contributed by atoms with E-state index in [2.05, 4.69) is 12.1 Å². The Labute approximate surface area is 112 Å². The second-order valence-corrected chi connectivity index (χ2v) is 5.32. The quantitative estimate of drug-likeness (QED) is 0.354. The minimum Gasteiger partial charge on any atom is -0.426 e. The Kier molecular flexibility index (Phi) is 2.97. The van der Waals surface area contributed by atoms with Crippen LogP contribution in [-0.2, 0) is 9.59 Å². The monoisotopic (exact) mass is 256 g/mol. The number of ether oxygens (including phenoxy) is 1. The summed E-state index contributed by atoms with van der Waals surface area (Å²) in [4.78, 5) is 23.0. The van der Waals surface area contributed by atoms with Crippen molar-refractivity contribution in [2.45, 2.75) is 25.7 Å². The molecule has 2 aliphatic rings. The van der Waals surface area contributed by atoms with Crippen LogP contribution in [0, 0.1) is 18.8 Å². The summed E-state index contributed by atoms with van der Waals surface area (Å²) in [5, 5.41) is 0. The molecule has 1 aromatic carbocycles. The molecule has 0 radical (unpaired) electrons. The average molecular weight is 256 g/mol. The summed E-state index contributed by atoms with van der Waals surface area (Å²) in [6.45, 7) is 2.04. The van der Waals surface area contributed by atoms with E-state index in [1.54, 1.807) is 0 Å². The largest absolute Gasteiger partial charge is 0.426 e. The zero-order valence-electron chi connectivity index (χ0n) is 10.8. The number of esters is 1. The van der Waals surface area contributed by atoms with Gasteiger partial charge in [0.15, 0.2) is 0 Å². The predicted molar refractivity (Wildman–Crippen MR) is 71.0 cm³/mol. The highest BCUT2D eigenvalue weighted by Gasteiger charge is 2.42. The fourth-order valence-electron chi connectivity index (χ4n) is 3.19. The van der Waals surface area contributed by atoms with Crippen LogP contribution in [0.25, 0.3) is 0 Å². The number of aldehydes is 1. The molecule has 0 aromatic heterocycles. The van der Waals surface area contributed by atoms with Crippen molar-refractivity contribution in [1.29, 1.82) is 0 Å². The number of aryl methyl sites for hydroxylation is 1. The Morgan fingerprint density at radius 1 is 1.42 bits per heavy atom. The maximum absolute atomic E-state index is 12.2. The topological polar surface area (TPSA) is 43.4 Å². The number of hydrogen-bond donors (Lipinski definition) is 0. The summed E-state index contributed by atoms with van der Waals surface area (Å²) >= 11 is 0. The van der Waals surface area contributed by atoms with E-state index in [9.17, 15) is 9.59 Å². The lowest BCUT2D eigenvalue weighted by atomic mass is 9.70. The molecule has 0 spiro atoms. The summed E-state index contributed by atoms with van der Waals surface area (Å²) in [7, 11) is 0. The lowest BCUT2D eigenvalue weighted by Gasteiger charge is -2.37. The summed E-state index contributed by atoms with van der Waals surface area (Å²) in [6.07, 6.45) is 6.17. The van der Waals surface area contributed by atoms with E-state index < -0.39 is 0 Å². The van der Waals surface area contributed by atoms with Gasteiger partial charge in [-0.15, -0.1) is 0 Å². The first-order valence-electron chi connectivity index (χ1n) is 6.63. The average Bonchev–Trinajstić information content (AvgIpc) is 2.40. The third kappa shape index (κ3) is 1.99. The van der Waals surface area contributed by atoms with Crippen LogP contribution in [0.15, 0.2) is 30.4 Å². The number of rotatable bonds is 2. The number of allylic oxidation sites excluding steroid dienone is 2. The molecule has 3 heteroatoms. The molecule has 1 aliphatic heterocycles. The van der Waals surface area contributed by atoms with Crippen LogP contribution in [0.1, 0.15) is 29.9 Å². The highest BCUT2D eigenvalue weighted by Crippen LogP contribution is 2.46. The van der Waals surface area contributed by atoms with Gasteiger partial charge in [-0.3, -0.25) is 4.79 Å². The Bertz CT molecular complexity index is 559. The number of hydrogen-bond acceptors (Lipinski definition) is 3. The van der Waals surface area contributed by atoms with Crippen molar-refractivity contribution in [3.05, 3.63) is 41.5 Å². The van der Waals surface area contributed by atoms with Crippen molar-refractivity contribution >= 4 is 12.3 Å². The van der Waals surface area contributed by atoms with Crippen LogP contribution in [-0.4, -0.2) is 12.3 Å². The SMILES string of the molecule is Cc1ccc2c(c1)[C@H]1CC=C[C@@H](CC=O)[C@H]1C(=O)O2. The number of carbonyl (C=O) groups excluding carboxylic acids is 2. The first kappa shape index (κ1) is 12.2. The molecule has 0 unspecified atom stereocenters. The predicted octanol–water partition coefficient (Wildman–Crippen LogP) is 2.78. The van der Waals surface area contributed by atoms with Gasteiger partial charge < -0.3 is 9.53 Å². The smallest absolute Gasteiger partial charge is 0.315 e. The van der Waals surface area contributed by atoms with Gasteiger partial charge in [0.1, 0.15) is 12.0 Å². The summed E-state index contributed by atoms with van der Waals surface area (Å²) in [6, 6.07) is 5.91.